The first-order chi connectivity index (χ1) is 9.33. The smallest absolute Gasteiger partial charge is 0.354 e. The number of rotatable bonds is 3. The predicted molar refractivity (Wildman–Crippen MR) is 69.4 cm³/mol. The Morgan fingerprint density at radius 3 is 2.65 bits per heavy atom. The van der Waals surface area contributed by atoms with Crippen molar-refractivity contribution in [3.8, 4) is 0 Å². The van der Waals surface area contributed by atoms with Crippen LogP contribution in [0.25, 0.3) is 0 Å². The van der Waals surface area contributed by atoms with Crippen molar-refractivity contribution in [2.45, 2.75) is 11.2 Å². The molecule has 0 amide bonds. The molecule has 1 fully saturated rings. The topological polar surface area (TPSA) is 73.4 Å². The number of anilines is 1. The summed E-state index contributed by atoms with van der Waals surface area (Å²) in [4.78, 5) is -1.40. The molecule has 112 valence electrons. The van der Waals surface area contributed by atoms with Gasteiger partial charge in [-0.15, -0.1) is 0 Å². The first-order valence-electron chi connectivity index (χ1n) is 5.86. The summed E-state index contributed by atoms with van der Waals surface area (Å²) in [5.74, 6) is 0. The number of benzene rings is 1. The van der Waals surface area contributed by atoms with Crippen molar-refractivity contribution in [3.05, 3.63) is 29.8 Å². The van der Waals surface area contributed by atoms with Gasteiger partial charge in [-0.05, 0) is 18.2 Å². The minimum atomic E-state index is -4.46. The second-order valence-electron chi connectivity index (χ2n) is 4.38. The van der Waals surface area contributed by atoms with Crippen molar-refractivity contribution < 1.29 is 21.9 Å². The number of nitrogens with one attached hydrogen (secondary N) is 3. The number of alkyl halides is 3. The van der Waals surface area contributed by atoms with E-state index in [2.05, 4.69) is 16.0 Å². The van der Waals surface area contributed by atoms with E-state index >= 15 is 0 Å². The summed E-state index contributed by atoms with van der Waals surface area (Å²) in [6, 6.07) is 4.51. The van der Waals surface area contributed by atoms with Gasteiger partial charge in [-0.2, -0.15) is 13.2 Å². The first-order valence-corrected chi connectivity index (χ1v) is 6.96. The lowest BCUT2D eigenvalue weighted by atomic mass is 10.2. The monoisotopic (exact) mass is 309 g/mol. The van der Waals surface area contributed by atoms with Crippen molar-refractivity contribution in [2.75, 3.05) is 25.0 Å². The molecule has 2 rings (SSSR count). The molecule has 1 aromatic carbocycles. The van der Waals surface area contributed by atoms with Crippen LogP contribution >= 0.6 is 0 Å². The third-order valence-corrected chi connectivity index (χ3v) is 3.91. The van der Waals surface area contributed by atoms with Crippen LogP contribution in [-0.4, -0.2) is 33.4 Å². The average molecular weight is 309 g/mol. The SMILES string of the molecule is O=S(O)C1(Nc2cccc(C(F)(F)F)c2)CNCCN1. The Labute approximate surface area is 116 Å². The standard InChI is InChI=1S/C11H14F3N3O2S/c12-11(13,14)8-2-1-3-9(6-8)17-10(20(18)19)7-15-4-5-16-10/h1-3,6,15-17H,4-5,7H2,(H,18,19). The Morgan fingerprint density at radius 2 is 2.10 bits per heavy atom. The maximum Gasteiger partial charge on any atom is 0.416 e. The fourth-order valence-electron chi connectivity index (χ4n) is 1.94. The van der Waals surface area contributed by atoms with E-state index in [4.69, 9.17) is 0 Å². The highest BCUT2D eigenvalue weighted by Gasteiger charge is 2.38. The fraction of sp³-hybridized carbons (Fsp3) is 0.455. The van der Waals surface area contributed by atoms with Crippen molar-refractivity contribution in [2.24, 2.45) is 0 Å². The zero-order valence-corrected chi connectivity index (χ0v) is 11.1. The van der Waals surface area contributed by atoms with E-state index in [1.165, 1.54) is 12.1 Å². The number of piperazine rings is 1. The highest BCUT2D eigenvalue weighted by atomic mass is 32.2. The van der Waals surface area contributed by atoms with E-state index in [1.807, 2.05) is 0 Å². The molecule has 0 aromatic heterocycles. The molecular weight excluding hydrogens is 295 g/mol. The van der Waals surface area contributed by atoms with Gasteiger partial charge in [0, 0.05) is 25.3 Å². The highest BCUT2D eigenvalue weighted by molar-refractivity contribution is 7.80. The van der Waals surface area contributed by atoms with Gasteiger partial charge in [0.2, 0.25) is 4.99 Å². The van der Waals surface area contributed by atoms with E-state index in [0.717, 1.165) is 12.1 Å². The van der Waals surface area contributed by atoms with Crippen LogP contribution in [0.1, 0.15) is 5.56 Å². The quantitative estimate of drug-likeness (QED) is 0.631. The summed E-state index contributed by atoms with van der Waals surface area (Å²) >= 11 is -2.30. The second kappa shape index (κ2) is 5.68. The van der Waals surface area contributed by atoms with Gasteiger partial charge in [0.05, 0.1) is 5.56 Å². The molecule has 1 heterocycles. The Bertz CT molecular complexity index is 504. The van der Waals surface area contributed by atoms with Crippen LogP contribution in [-0.2, 0) is 17.3 Å². The number of hydrogen-bond donors (Lipinski definition) is 4. The minimum absolute atomic E-state index is 0.117. The molecular formula is C11H14F3N3O2S. The van der Waals surface area contributed by atoms with Gasteiger partial charge in [-0.25, -0.2) is 4.21 Å². The third-order valence-electron chi connectivity index (χ3n) is 2.92. The number of halogens is 3. The van der Waals surface area contributed by atoms with E-state index in [1.54, 1.807) is 0 Å². The molecule has 2 unspecified atom stereocenters. The molecule has 20 heavy (non-hydrogen) atoms. The summed E-state index contributed by atoms with van der Waals surface area (Å²) in [7, 11) is 0. The maximum atomic E-state index is 12.6. The first kappa shape index (κ1) is 15.2. The molecule has 1 aliphatic heterocycles. The average Bonchev–Trinajstić information content (AvgIpc) is 2.39. The highest BCUT2D eigenvalue weighted by Crippen LogP contribution is 2.31. The van der Waals surface area contributed by atoms with Gasteiger partial charge in [0.25, 0.3) is 0 Å². The second-order valence-corrected chi connectivity index (χ2v) is 5.58. The lowest BCUT2D eigenvalue weighted by molar-refractivity contribution is -0.137. The van der Waals surface area contributed by atoms with Crippen LogP contribution in [0.2, 0.25) is 0 Å². The van der Waals surface area contributed by atoms with Gasteiger partial charge in [-0.1, -0.05) is 6.07 Å². The minimum Gasteiger partial charge on any atom is -0.354 e. The Kier molecular flexibility index (Phi) is 4.33. The van der Waals surface area contributed by atoms with Gasteiger partial charge in [-0.3, -0.25) is 5.32 Å². The molecule has 5 nitrogen and oxygen atoms in total. The molecule has 0 saturated carbocycles. The lowest BCUT2D eigenvalue weighted by Crippen LogP contribution is -2.65. The zero-order chi connectivity index (χ0) is 14.8. The summed E-state index contributed by atoms with van der Waals surface area (Å²) < 4.78 is 58.8. The molecule has 0 aliphatic carbocycles. The van der Waals surface area contributed by atoms with Crippen LogP contribution in [0.5, 0.6) is 0 Å². The van der Waals surface area contributed by atoms with Crippen LogP contribution in [0.3, 0.4) is 0 Å². The molecule has 1 aliphatic rings. The van der Waals surface area contributed by atoms with Gasteiger partial charge >= 0.3 is 6.18 Å². The molecule has 4 N–H and O–H groups in total. The molecule has 1 saturated heterocycles. The lowest BCUT2D eigenvalue weighted by Gasteiger charge is -2.37. The molecule has 0 radical (unpaired) electrons. The fourth-order valence-corrected chi connectivity index (χ4v) is 2.60. The van der Waals surface area contributed by atoms with Crippen LogP contribution < -0.4 is 16.0 Å². The molecule has 2 atom stereocenters. The normalized spacial score (nSPS) is 25.2. The molecule has 1 aromatic rings. The zero-order valence-electron chi connectivity index (χ0n) is 10.3. The van der Waals surface area contributed by atoms with Crippen LogP contribution in [0, 0.1) is 0 Å². The molecule has 0 bridgehead atoms. The van der Waals surface area contributed by atoms with E-state index in [9.17, 15) is 21.9 Å². The van der Waals surface area contributed by atoms with E-state index in [-0.39, 0.29) is 12.2 Å². The van der Waals surface area contributed by atoms with Crippen molar-refractivity contribution >= 4 is 16.8 Å². The van der Waals surface area contributed by atoms with Gasteiger partial charge < -0.3 is 15.2 Å². The molecule has 9 heteroatoms. The third kappa shape index (κ3) is 3.29. The van der Waals surface area contributed by atoms with E-state index < -0.39 is 27.8 Å². The number of hydrogen-bond acceptors (Lipinski definition) is 4. The maximum absolute atomic E-state index is 12.6. The van der Waals surface area contributed by atoms with Crippen molar-refractivity contribution in [1.82, 2.24) is 10.6 Å². The Balaban J connectivity index is 2.25. The van der Waals surface area contributed by atoms with Crippen LogP contribution in [0.15, 0.2) is 24.3 Å². The van der Waals surface area contributed by atoms with E-state index in [0.29, 0.717) is 13.1 Å². The molecule has 0 spiro atoms. The summed E-state index contributed by atoms with van der Waals surface area (Å²) in [5.41, 5.74) is -0.691. The Hall–Kier alpha value is -1.16. The largest absolute Gasteiger partial charge is 0.416 e. The van der Waals surface area contributed by atoms with Crippen LogP contribution in [0.4, 0.5) is 18.9 Å². The summed E-state index contributed by atoms with van der Waals surface area (Å²) in [6.07, 6.45) is -4.46. The van der Waals surface area contributed by atoms with Gasteiger partial charge in [0.15, 0.2) is 11.1 Å². The van der Waals surface area contributed by atoms with Crippen molar-refractivity contribution in [3.63, 3.8) is 0 Å². The van der Waals surface area contributed by atoms with Gasteiger partial charge in [0.1, 0.15) is 0 Å². The van der Waals surface area contributed by atoms with Crippen molar-refractivity contribution in [1.29, 1.82) is 0 Å². The summed E-state index contributed by atoms with van der Waals surface area (Å²) in [6.45, 7) is 1.16. The summed E-state index contributed by atoms with van der Waals surface area (Å²) in [5, 5.41) is 8.44. The Morgan fingerprint density at radius 1 is 1.35 bits per heavy atom. The predicted octanol–water partition coefficient (Wildman–Crippen LogP) is 1.19.